The summed E-state index contributed by atoms with van der Waals surface area (Å²) in [5.41, 5.74) is -0.0417. The van der Waals surface area contributed by atoms with Crippen LogP contribution in [0.2, 0.25) is 0 Å². The lowest BCUT2D eigenvalue weighted by atomic mass is 9.97. The number of ether oxygens (including phenoxy) is 2. The number of hydrogen-bond donors (Lipinski definition) is 1. The molecule has 98 valence electrons. The number of aliphatic hydroxyl groups is 1. The quantitative estimate of drug-likeness (QED) is 0.664. The molecule has 0 aromatic carbocycles. The van der Waals surface area contributed by atoms with Gasteiger partial charge in [0.05, 0.1) is 31.0 Å². The van der Waals surface area contributed by atoms with Crippen molar-refractivity contribution in [3.63, 3.8) is 0 Å². The summed E-state index contributed by atoms with van der Waals surface area (Å²) in [5.74, 6) is 0. The lowest BCUT2D eigenvalue weighted by Crippen LogP contribution is -2.34. The van der Waals surface area contributed by atoms with Gasteiger partial charge in [0.15, 0.2) is 0 Å². The lowest BCUT2D eigenvalue weighted by molar-refractivity contribution is -0.120. The Morgan fingerprint density at radius 3 is 2.25 bits per heavy atom. The number of aliphatic hydroxyl groups excluding tert-OH is 1. The summed E-state index contributed by atoms with van der Waals surface area (Å²) < 4.78 is 11.5. The Labute approximate surface area is 100 Å². The highest BCUT2D eigenvalue weighted by Gasteiger charge is 2.24. The van der Waals surface area contributed by atoms with Crippen LogP contribution in [0.15, 0.2) is 0 Å². The van der Waals surface area contributed by atoms with E-state index in [1.165, 1.54) is 0 Å². The van der Waals surface area contributed by atoms with Crippen molar-refractivity contribution in [1.29, 1.82) is 0 Å². The smallest absolute Gasteiger partial charge is 0.0788 e. The van der Waals surface area contributed by atoms with E-state index in [0.717, 1.165) is 19.3 Å². The van der Waals surface area contributed by atoms with Gasteiger partial charge in [-0.15, -0.1) is 0 Å². The maximum atomic E-state index is 8.84. The summed E-state index contributed by atoms with van der Waals surface area (Å²) in [6.45, 7) is 11.0. The van der Waals surface area contributed by atoms with Crippen LogP contribution in [0.1, 0.15) is 53.9 Å². The summed E-state index contributed by atoms with van der Waals surface area (Å²) in [4.78, 5) is 0. The highest BCUT2D eigenvalue weighted by atomic mass is 16.6. The second-order valence-corrected chi connectivity index (χ2v) is 4.81. The van der Waals surface area contributed by atoms with Crippen LogP contribution in [0.25, 0.3) is 0 Å². The molecule has 0 amide bonds. The first kappa shape index (κ1) is 15.9. The Morgan fingerprint density at radius 1 is 1.19 bits per heavy atom. The molecule has 0 aromatic heterocycles. The molecule has 0 aromatic rings. The molecule has 0 spiro atoms. The van der Waals surface area contributed by atoms with Gasteiger partial charge in [-0.1, -0.05) is 20.3 Å². The second-order valence-electron chi connectivity index (χ2n) is 4.81. The van der Waals surface area contributed by atoms with E-state index in [-0.39, 0.29) is 24.4 Å². The van der Waals surface area contributed by atoms with Crippen LogP contribution in [-0.4, -0.2) is 36.1 Å². The Balaban J connectivity index is 3.95. The highest BCUT2D eigenvalue weighted by Crippen LogP contribution is 2.23. The molecule has 1 N–H and O–H groups in total. The van der Waals surface area contributed by atoms with E-state index >= 15 is 0 Å². The minimum Gasteiger partial charge on any atom is -0.394 e. The zero-order valence-electron chi connectivity index (χ0n) is 11.5. The fraction of sp³-hybridized carbons (Fsp3) is 1.00. The van der Waals surface area contributed by atoms with E-state index < -0.39 is 0 Å². The topological polar surface area (TPSA) is 38.7 Å². The van der Waals surface area contributed by atoms with Crippen molar-refractivity contribution in [2.24, 2.45) is 0 Å². The first-order valence-electron chi connectivity index (χ1n) is 6.37. The average molecular weight is 232 g/mol. The van der Waals surface area contributed by atoms with Gasteiger partial charge in [-0.25, -0.2) is 0 Å². The molecule has 0 saturated heterocycles. The maximum absolute atomic E-state index is 8.84. The molecule has 0 aliphatic heterocycles. The van der Waals surface area contributed by atoms with Crippen LogP contribution >= 0.6 is 0 Å². The minimum atomic E-state index is -0.106. The largest absolute Gasteiger partial charge is 0.394 e. The molecular weight excluding hydrogens is 204 g/mol. The van der Waals surface area contributed by atoms with Crippen LogP contribution < -0.4 is 0 Å². The molecule has 0 bridgehead atoms. The van der Waals surface area contributed by atoms with E-state index in [4.69, 9.17) is 14.6 Å². The van der Waals surface area contributed by atoms with Crippen LogP contribution in [0.4, 0.5) is 0 Å². The van der Waals surface area contributed by atoms with Crippen molar-refractivity contribution in [1.82, 2.24) is 0 Å². The molecule has 3 atom stereocenters. The van der Waals surface area contributed by atoms with Gasteiger partial charge < -0.3 is 14.6 Å². The molecule has 0 heterocycles. The first-order valence-corrected chi connectivity index (χ1v) is 6.37. The van der Waals surface area contributed by atoms with E-state index in [1.807, 2.05) is 13.8 Å². The standard InChI is InChI=1S/C13H28O3/c1-6-8-13(5,7-2)16-12(4)10-15-11(3)9-14/h11-12,14H,6-10H2,1-5H3. The Bertz CT molecular complexity index is 173. The molecule has 0 radical (unpaired) electrons. The summed E-state index contributed by atoms with van der Waals surface area (Å²) in [6, 6.07) is 0. The van der Waals surface area contributed by atoms with E-state index in [0.29, 0.717) is 6.61 Å². The summed E-state index contributed by atoms with van der Waals surface area (Å²) in [6.07, 6.45) is 3.19. The second kappa shape index (κ2) is 8.04. The van der Waals surface area contributed by atoms with Crippen molar-refractivity contribution in [2.75, 3.05) is 13.2 Å². The summed E-state index contributed by atoms with van der Waals surface area (Å²) >= 11 is 0. The number of hydrogen-bond acceptors (Lipinski definition) is 3. The zero-order valence-corrected chi connectivity index (χ0v) is 11.5. The molecular formula is C13H28O3. The lowest BCUT2D eigenvalue weighted by Gasteiger charge is -2.32. The van der Waals surface area contributed by atoms with Crippen molar-refractivity contribution in [3.8, 4) is 0 Å². The van der Waals surface area contributed by atoms with Crippen molar-refractivity contribution < 1.29 is 14.6 Å². The van der Waals surface area contributed by atoms with E-state index in [1.54, 1.807) is 0 Å². The Kier molecular flexibility index (Phi) is 7.98. The van der Waals surface area contributed by atoms with Gasteiger partial charge in [0.1, 0.15) is 0 Å². The third kappa shape index (κ3) is 6.46. The molecule has 0 aliphatic carbocycles. The summed E-state index contributed by atoms with van der Waals surface area (Å²) in [7, 11) is 0. The van der Waals surface area contributed by atoms with Gasteiger partial charge in [-0.05, 0) is 33.6 Å². The SMILES string of the molecule is CCCC(C)(CC)OC(C)COC(C)CO. The van der Waals surface area contributed by atoms with Crippen LogP contribution in [0.3, 0.4) is 0 Å². The van der Waals surface area contributed by atoms with E-state index in [2.05, 4.69) is 20.8 Å². The molecule has 3 heteroatoms. The number of rotatable bonds is 9. The molecule has 16 heavy (non-hydrogen) atoms. The molecule has 0 rings (SSSR count). The molecule has 3 nitrogen and oxygen atoms in total. The molecule has 0 fully saturated rings. The van der Waals surface area contributed by atoms with Crippen molar-refractivity contribution in [2.45, 2.75) is 71.7 Å². The first-order chi connectivity index (χ1) is 7.47. The van der Waals surface area contributed by atoms with Gasteiger partial charge in [0.2, 0.25) is 0 Å². The summed E-state index contributed by atoms with van der Waals surface area (Å²) in [5, 5.41) is 8.84. The van der Waals surface area contributed by atoms with Crippen LogP contribution in [-0.2, 0) is 9.47 Å². The normalized spacial score (nSPS) is 19.1. The van der Waals surface area contributed by atoms with Gasteiger partial charge >= 0.3 is 0 Å². The third-order valence-corrected chi connectivity index (χ3v) is 2.88. The molecule has 0 saturated carbocycles. The predicted molar refractivity (Wildman–Crippen MR) is 66.7 cm³/mol. The fourth-order valence-corrected chi connectivity index (χ4v) is 1.72. The van der Waals surface area contributed by atoms with Gasteiger partial charge in [-0.2, -0.15) is 0 Å². The maximum Gasteiger partial charge on any atom is 0.0788 e. The Morgan fingerprint density at radius 2 is 1.81 bits per heavy atom. The fourth-order valence-electron chi connectivity index (χ4n) is 1.72. The zero-order chi connectivity index (χ0) is 12.6. The molecule has 0 aliphatic rings. The molecule has 3 unspecified atom stereocenters. The third-order valence-electron chi connectivity index (χ3n) is 2.88. The highest BCUT2D eigenvalue weighted by molar-refractivity contribution is 4.74. The predicted octanol–water partition coefficient (Wildman–Crippen LogP) is 2.76. The average Bonchev–Trinajstić information content (AvgIpc) is 2.26. The monoisotopic (exact) mass is 232 g/mol. The van der Waals surface area contributed by atoms with E-state index in [9.17, 15) is 0 Å². The van der Waals surface area contributed by atoms with Crippen molar-refractivity contribution in [3.05, 3.63) is 0 Å². The van der Waals surface area contributed by atoms with Gasteiger partial charge in [0.25, 0.3) is 0 Å². The van der Waals surface area contributed by atoms with Gasteiger partial charge in [0, 0.05) is 0 Å². The van der Waals surface area contributed by atoms with Gasteiger partial charge in [-0.3, -0.25) is 0 Å². The van der Waals surface area contributed by atoms with Crippen molar-refractivity contribution >= 4 is 0 Å². The minimum absolute atomic E-state index is 0.0417. The Hall–Kier alpha value is -0.120. The van der Waals surface area contributed by atoms with Crippen LogP contribution in [0.5, 0.6) is 0 Å². The van der Waals surface area contributed by atoms with Crippen LogP contribution in [0, 0.1) is 0 Å².